The summed E-state index contributed by atoms with van der Waals surface area (Å²) in [5.41, 5.74) is -0.407. The van der Waals surface area contributed by atoms with Gasteiger partial charge in [-0.1, -0.05) is 30.3 Å². The molecule has 0 spiro atoms. The highest BCUT2D eigenvalue weighted by atomic mass is 19.4. The fraction of sp³-hybridized carbons (Fsp3) is 0.500. The largest absolute Gasteiger partial charge is 0.444 e. The van der Waals surface area contributed by atoms with Crippen LogP contribution in [-0.2, 0) is 9.47 Å². The van der Waals surface area contributed by atoms with Crippen LogP contribution in [0.5, 0.6) is 0 Å². The highest BCUT2D eigenvalue weighted by Gasteiger charge is 2.30. The lowest BCUT2D eigenvalue weighted by Crippen LogP contribution is -2.46. The summed E-state index contributed by atoms with van der Waals surface area (Å²) >= 11 is 0. The van der Waals surface area contributed by atoms with Gasteiger partial charge in [0.15, 0.2) is 12.4 Å². The van der Waals surface area contributed by atoms with Crippen LogP contribution in [0.15, 0.2) is 30.3 Å². The van der Waals surface area contributed by atoms with Gasteiger partial charge in [-0.05, 0) is 20.8 Å². The molecule has 28 heavy (non-hydrogen) atoms. The van der Waals surface area contributed by atoms with E-state index in [1.165, 1.54) is 0 Å². The van der Waals surface area contributed by atoms with E-state index in [-0.39, 0.29) is 18.7 Å². The van der Waals surface area contributed by atoms with Gasteiger partial charge in [0.1, 0.15) is 5.60 Å². The third kappa shape index (κ3) is 10.4. The van der Waals surface area contributed by atoms with Crippen LogP contribution in [0.1, 0.15) is 37.6 Å². The van der Waals surface area contributed by atoms with E-state index in [1.54, 1.807) is 51.1 Å². The second-order valence-corrected chi connectivity index (χ2v) is 6.91. The van der Waals surface area contributed by atoms with Crippen LogP contribution in [-0.4, -0.2) is 48.9 Å². The number of benzene rings is 1. The summed E-state index contributed by atoms with van der Waals surface area (Å²) < 4.78 is 45.4. The molecule has 0 heterocycles. The van der Waals surface area contributed by atoms with E-state index in [0.717, 1.165) is 0 Å². The lowest BCUT2D eigenvalue weighted by molar-refractivity contribution is -0.160. The summed E-state index contributed by atoms with van der Waals surface area (Å²) in [7, 11) is 0. The Morgan fingerprint density at radius 1 is 1.04 bits per heavy atom. The number of hydrogen-bond acceptors (Lipinski definition) is 5. The van der Waals surface area contributed by atoms with Gasteiger partial charge < -0.3 is 20.1 Å². The quantitative estimate of drug-likeness (QED) is 0.679. The van der Waals surface area contributed by atoms with Crippen molar-refractivity contribution in [3.63, 3.8) is 0 Å². The van der Waals surface area contributed by atoms with E-state index in [9.17, 15) is 27.6 Å². The van der Waals surface area contributed by atoms with Gasteiger partial charge in [-0.2, -0.15) is 13.2 Å². The normalized spacial score (nSPS) is 12.6. The molecule has 1 rings (SSSR count). The zero-order chi connectivity index (χ0) is 21.4. The average molecular weight is 404 g/mol. The van der Waals surface area contributed by atoms with E-state index >= 15 is 0 Å². The molecule has 1 aromatic carbocycles. The molecule has 10 heteroatoms. The van der Waals surface area contributed by atoms with Gasteiger partial charge in [-0.15, -0.1) is 0 Å². The van der Waals surface area contributed by atoms with Crippen molar-refractivity contribution < 1.29 is 37.0 Å². The fourth-order valence-corrected chi connectivity index (χ4v) is 2.02. The van der Waals surface area contributed by atoms with Crippen LogP contribution in [0, 0.1) is 0 Å². The van der Waals surface area contributed by atoms with Gasteiger partial charge in [-0.3, -0.25) is 4.79 Å². The third-order valence-electron chi connectivity index (χ3n) is 3.11. The molecule has 0 saturated heterocycles. The second-order valence-electron chi connectivity index (χ2n) is 6.91. The average Bonchev–Trinajstić information content (AvgIpc) is 2.56. The van der Waals surface area contributed by atoms with Gasteiger partial charge in [0.25, 0.3) is 0 Å². The molecule has 1 unspecified atom stereocenters. The summed E-state index contributed by atoms with van der Waals surface area (Å²) in [5, 5.41) is 4.52. The highest BCUT2D eigenvalue weighted by molar-refractivity contribution is 5.96. The Morgan fingerprint density at radius 3 is 2.18 bits per heavy atom. The van der Waals surface area contributed by atoms with Gasteiger partial charge in [0, 0.05) is 18.5 Å². The van der Waals surface area contributed by atoms with E-state index in [4.69, 9.17) is 4.74 Å². The summed E-state index contributed by atoms with van der Waals surface area (Å²) in [5.74, 6) is -0.327. The Labute approximate surface area is 160 Å². The molecule has 0 aromatic heterocycles. The number of hydrogen-bond donors (Lipinski definition) is 2. The van der Waals surface area contributed by atoms with Crippen LogP contribution in [0.4, 0.5) is 22.8 Å². The number of ketones is 1. The minimum atomic E-state index is -4.66. The van der Waals surface area contributed by atoms with Crippen molar-refractivity contribution in [3.05, 3.63) is 35.9 Å². The van der Waals surface area contributed by atoms with Crippen LogP contribution in [0.25, 0.3) is 0 Å². The number of rotatable bonds is 7. The molecule has 1 atom stereocenters. The first-order valence-electron chi connectivity index (χ1n) is 8.41. The van der Waals surface area contributed by atoms with Crippen molar-refractivity contribution in [1.29, 1.82) is 0 Å². The lowest BCUT2D eigenvalue weighted by Gasteiger charge is -2.23. The van der Waals surface area contributed by atoms with Crippen LogP contribution >= 0.6 is 0 Å². The predicted octanol–water partition coefficient (Wildman–Crippen LogP) is 3.44. The predicted molar refractivity (Wildman–Crippen MR) is 94.0 cm³/mol. The first kappa shape index (κ1) is 23.3. The molecule has 0 aliphatic rings. The second kappa shape index (κ2) is 9.95. The third-order valence-corrected chi connectivity index (χ3v) is 3.11. The van der Waals surface area contributed by atoms with Crippen molar-refractivity contribution >= 4 is 18.0 Å². The number of carbonyl (C=O) groups excluding carboxylic acids is 3. The number of halogens is 3. The summed E-state index contributed by atoms with van der Waals surface area (Å²) in [6, 6.07) is 7.30. The number of nitrogens with one attached hydrogen (secondary N) is 2. The van der Waals surface area contributed by atoms with E-state index in [1.807, 2.05) is 0 Å². The maximum absolute atomic E-state index is 12.3. The Hall–Kier alpha value is -2.78. The van der Waals surface area contributed by atoms with Crippen molar-refractivity contribution in [3.8, 4) is 0 Å². The SMILES string of the molecule is CC(C)(C)OC(=O)NC(CNC(=O)OCC(F)(F)F)CC(=O)c1ccccc1. The zero-order valence-corrected chi connectivity index (χ0v) is 15.8. The summed E-state index contributed by atoms with van der Waals surface area (Å²) in [6.45, 7) is 2.86. The van der Waals surface area contributed by atoms with Crippen LogP contribution in [0.3, 0.4) is 0 Å². The molecule has 0 aliphatic heterocycles. The summed E-state index contributed by atoms with van der Waals surface area (Å²) in [6.07, 6.45) is -7.01. The van der Waals surface area contributed by atoms with Crippen LogP contribution in [0.2, 0.25) is 0 Å². The minimum Gasteiger partial charge on any atom is -0.444 e. The maximum Gasteiger partial charge on any atom is 0.422 e. The maximum atomic E-state index is 12.3. The van der Waals surface area contributed by atoms with Crippen molar-refractivity contribution in [2.24, 2.45) is 0 Å². The van der Waals surface area contributed by atoms with Crippen LogP contribution < -0.4 is 10.6 Å². The number of Topliss-reactive ketones (excluding diaryl/α,β-unsaturated/α-hetero) is 1. The number of carbonyl (C=O) groups is 3. The van der Waals surface area contributed by atoms with Crippen molar-refractivity contribution in [2.45, 2.75) is 45.0 Å². The van der Waals surface area contributed by atoms with Gasteiger partial charge >= 0.3 is 18.4 Å². The fourth-order valence-electron chi connectivity index (χ4n) is 2.02. The molecular formula is C18H23F3N2O5. The van der Waals surface area contributed by atoms with E-state index in [2.05, 4.69) is 15.4 Å². The Morgan fingerprint density at radius 2 is 1.64 bits per heavy atom. The standard InChI is InChI=1S/C18H23F3N2O5/c1-17(2,3)28-16(26)23-13(9-14(24)12-7-5-4-6-8-12)10-22-15(25)27-11-18(19,20)21/h4-8,13H,9-11H2,1-3H3,(H,22,25)(H,23,26). The van der Waals surface area contributed by atoms with Crippen molar-refractivity contribution in [1.82, 2.24) is 10.6 Å². The molecule has 0 saturated carbocycles. The first-order valence-corrected chi connectivity index (χ1v) is 8.41. The van der Waals surface area contributed by atoms with Gasteiger partial charge in [0.2, 0.25) is 0 Å². The van der Waals surface area contributed by atoms with E-state index in [0.29, 0.717) is 5.56 Å². The monoisotopic (exact) mass is 404 g/mol. The Bertz CT molecular complexity index is 672. The molecule has 0 bridgehead atoms. The zero-order valence-electron chi connectivity index (χ0n) is 15.8. The topological polar surface area (TPSA) is 93.7 Å². The highest BCUT2D eigenvalue weighted by Crippen LogP contribution is 2.14. The summed E-state index contributed by atoms with van der Waals surface area (Å²) in [4.78, 5) is 35.7. The smallest absolute Gasteiger partial charge is 0.422 e. The van der Waals surface area contributed by atoms with Gasteiger partial charge in [0.05, 0.1) is 6.04 Å². The minimum absolute atomic E-state index is 0.206. The molecule has 156 valence electrons. The van der Waals surface area contributed by atoms with Gasteiger partial charge in [-0.25, -0.2) is 9.59 Å². The number of ether oxygens (including phenoxy) is 2. The molecule has 0 radical (unpaired) electrons. The molecule has 2 N–H and O–H groups in total. The molecule has 2 amide bonds. The Balaban J connectivity index is 2.70. The molecular weight excluding hydrogens is 381 g/mol. The molecule has 0 aliphatic carbocycles. The number of amides is 2. The number of alkyl carbamates (subject to hydrolysis) is 2. The molecule has 0 fully saturated rings. The number of alkyl halides is 3. The van der Waals surface area contributed by atoms with E-state index < -0.39 is 36.6 Å². The lowest BCUT2D eigenvalue weighted by atomic mass is 10.0. The van der Waals surface area contributed by atoms with Crippen molar-refractivity contribution in [2.75, 3.05) is 13.2 Å². The first-order chi connectivity index (χ1) is 12.9. The molecule has 7 nitrogen and oxygen atoms in total. The molecule has 1 aromatic rings. The Kier molecular flexibility index (Phi) is 8.27.